The van der Waals surface area contributed by atoms with Crippen molar-refractivity contribution >= 4 is 17.2 Å². The van der Waals surface area contributed by atoms with E-state index in [1.165, 1.54) is 16.8 Å². The largest absolute Gasteiger partial charge is 0.292 e. The first-order valence-corrected chi connectivity index (χ1v) is 5.35. The Labute approximate surface area is 95.0 Å². The van der Waals surface area contributed by atoms with Crippen LogP contribution in [-0.2, 0) is 5.92 Å². The summed E-state index contributed by atoms with van der Waals surface area (Å²) in [4.78, 5) is 3.90. The zero-order chi connectivity index (χ0) is 11.3. The molecule has 2 aromatic rings. The van der Waals surface area contributed by atoms with Crippen LogP contribution in [0, 0.1) is 5.92 Å². The summed E-state index contributed by atoms with van der Waals surface area (Å²) in [6.07, 6.45) is 2.58. The maximum Gasteiger partial charge on any atom is 0.292 e. The average Bonchev–Trinajstić information content (AvgIpc) is 2.98. The highest BCUT2D eigenvalue weighted by molar-refractivity contribution is 6.29. The average molecular weight is 244 g/mol. The molecule has 0 bridgehead atoms. The molecule has 0 radical (unpaired) electrons. The Morgan fingerprint density at radius 1 is 1.44 bits per heavy atom. The van der Waals surface area contributed by atoms with Crippen LogP contribution in [0.3, 0.4) is 0 Å². The number of halogens is 3. The lowest BCUT2D eigenvalue weighted by Crippen LogP contribution is -2.18. The van der Waals surface area contributed by atoms with Crippen molar-refractivity contribution < 1.29 is 8.78 Å². The molecule has 16 heavy (non-hydrogen) atoms. The summed E-state index contributed by atoms with van der Waals surface area (Å²) >= 11 is 5.86. The van der Waals surface area contributed by atoms with E-state index in [4.69, 9.17) is 11.6 Å². The predicted octanol–water partition coefficient (Wildman–Crippen LogP) is 2.88. The highest BCUT2D eigenvalue weighted by atomic mass is 35.5. The van der Waals surface area contributed by atoms with Crippen LogP contribution in [-0.4, -0.2) is 14.6 Å². The summed E-state index contributed by atoms with van der Waals surface area (Å²) in [5.41, 5.74) is 0.0934. The SMILES string of the molecule is FC(F)(c1cc(Cl)n2nccc2n1)C1CC1. The monoisotopic (exact) mass is 243 g/mol. The minimum atomic E-state index is -2.88. The molecule has 0 spiro atoms. The fraction of sp³-hybridized carbons (Fsp3) is 0.400. The first-order valence-electron chi connectivity index (χ1n) is 4.97. The van der Waals surface area contributed by atoms with E-state index in [2.05, 4.69) is 10.1 Å². The zero-order valence-corrected chi connectivity index (χ0v) is 8.96. The van der Waals surface area contributed by atoms with E-state index in [0.717, 1.165) is 0 Å². The quantitative estimate of drug-likeness (QED) is 0.760. The molecule has 0 atom stereocenters. The second-order valence-electron chi connectivity index (χ2n) is 3.96. The van der Waals surface area contributed by atoms with Gasteiger partial charge in [-0.1, -0.05) is 11.6 Å². The standard InChI is InChI=1S/C10H8ClF2N3/c11-8-5-7(10(12,13)6-1-2-6)15-9-3-4-14-16(8)9/h3-6H,1-2H2. The van der Waals surface area contributed by atoms with Crippen LogP contribution in [0.1, 0.15) is 18.5 Å². The van der Waals surface area contributed by atoms with Gasteiger partial charge in [0.25, 0.3) is 5.92 Å². The topological polar surface area (TPSA) is 30.2 Å². The number of hydrogen-bond acceptors (Lipinski definition) is 2. The van der Waals surface area contributed by atoms with Gasteiger partial charge in [-0.15, -0.1) is 0 Å². The van der Waals surface area contributed by atoms with Crippen molar-refractivity contribution in [1.29, 1.82) is 0 Å². The van der Waals surface area contributed by atoms with Crippen molar-refractivity contribution in [3.63, 3.8) is 0 Å². The number of alkyl halides is 2. The van der Waals surface area contributed by atoms with Gasteiger partial charge >= 0.3 is 0 Å². The van der Waals surface area contributed by atoms with Crippen molar-refractivity contribution in [2.75, 3.05) is 0 Å². The van der Waals surface area contributed by atoms with Crippen molar-refractivity contribution in [2.24, 2.45) is 5.92 Å². The predicted molar refractivity (Wildman–Crippen MR) is 54.6 cm³/mol. The second kappa shape index (κ2) is 3.13. The van der Waals surface area contributed by atoms with Gasteiger partial charge in [0.1, 0.15) is 10.8 Å². The third-order valence-corrected chi connectivity index (χ3v) is 3.02. The van der Waals surface area contributed by atoms with E-state index in [0.29, 0.717) is 18.5 Å². The minimum absolute atomic E-state index is 0.158. The highest BCUT2D eigenvalue weighted by Gasteiger charge is 2.49. The molecule has 3 nitrogen and oxygen atoms in total. The molecule has 1 fully saturated rings. The van der Waals surface area contributed by atoms with E-state index in [9.17, 15) is 8.78 Å². The number of hydrogen-bond donors (Lipinski definition) is 0. The fourth-order valence-corrected chi connectivity index (χ4v) is 1.93. The van der Waals surface area contributed by atoms with E-state index < -0.39 is 11.8 Å². The molecule has 0 N–H and O–H groups in total. The molecule has 84 valence electrons. The van der Waals surface area contributed by atoms with Gasteiger partial charge in [0.15, 0.2) is 5.65 Å². The second-order valence-corrected chi connectivity index (χ2v) is 4.35. The molecule has 1 saturated carbocycles. The number of nitrogens with zero attached hydrogens (tertiary/aromatic N) is 3. The van der Waals surface area contributed by atoms with Gasteiger partial charge < -0.3 is 0 Å². The smallest absolute Gasteiger partial charge is 0.227 e. The van der Waals surface area contributed by atoms with Crippen molar-refractivity contribution in [2.45, 2.75) is 18.8 Å². The summed E-state index contributed by atoms with van der Waals surface area (Å²) < 4.78 is 28.9. The molecule has 0 unspecified atom stereocenters. The van der Waals surface area contributed by atoms with Gasteiger partial charge in [-0.2, -0.15) is 13.9 Å². The van der Waals surface area contributed by atoms with Gasteiger partial charge in [-0.05, 0) is 12.8 Å². The van der Waals surface area contributed by atoms with Crippen LogP contribution >= 0.6 is 11.6 Å². The van der Waals surface area contributed by atoms with E-state index in [1.54, 1.807) is 6.07 Å². The van der Waals surface area contributed by atoms with E-state index in [1.807, 2.05) is 0 Å². The molecule has 1 aliphatic carbocycles. The molecule has 0 aromatic carbocycles. The zero-order valence-electron chi connectivity index (χ0n) is 8.20. The molecule has 0 amide bonds. The molecule has 0 saturated heterocycles. The summed E-state index contributed by atoms with van der Waals surface area (Å²) in [7, 11) is 0. The highest BCUT2D eigenvalue weighted by Crippen LogP contribution is 2.49. The van der Waals surface area contributed by atoms with Gasteiger partial charge in [0, 0.05) is 18.1 Å². The van der Waals surface area contributed by atoms with Crippen LogP contribution in [0.5, 0.6) is 0 Å². The summed E-state index contributed by atoms with van der Waals surface area (Å²) in [5.74, 6) is -3.46. The van der Waals surface area contributed by atoms with Crippen molar-refractivity contribution in [3.8, 4) is 0 Å². The molecule has 2 aromatic heterocycles. The molecule has 2 heterocycles. The molecule has 1 aliphatic rings. The van der Waals surface area contributed by atoms with Crippen LogP contribution in [0.2, 0.25) is 5.15 Å². The Kier molecular flexibility index (Phi) is 1.95. The molecule has 3 rings (SSSR count). The van der Waals surface area contributed by atoms with Gasteiger partial charge in [0.2, 0.25) is 0 Å². The van der Waals surface area contributed by atoms with Crippen LogP contribution in [0.15, 0.2) is 18.3 Å². The lowest BCUT2D eigenvalue weighted by molar-refractivity contribution is -0.0327. The van der Waals surface area contributed by atoms with Crippen molar-refractivity contribution in [3.05, 3.63) is 29.2 Å². The van der Waals surface area contributed by atoms with Crippen LogP contribution < -0.4 is 0 Å². The Morgan fingerprint density at radius 2 is 2.19 bits per heavy atom. The van der Waals surface area contributed by atoms with Gasteiger partial charge in [-0.25, -0.2) is 9.50 Å². The molecular weight excluding hydrogens is 236 g/mol. The fourth-order valence-electron chi connectivity index (χ4n) is 1.70. The minimum Gasteiger partial charge on any atom is -0.227 e. The van der Waals surface area contributed by atoms with Gasteiger partial charge in [0.05, 0.1) is 6.20 Å². The normalized spacial score (nSPS) is 16.9. The maximum absolute atomic E-state index is 13.8. The van der Waals surface area contributed by atoms with Gasteiger partial charge in [-0.3, -0.25) is 0 Å². The first-order chi connectivity index (χ1) is 7.59. The molecule has 0 aliphatic heterocycles. The summed E-state index contributed by atoms with van der Waals surface area (Å²) in [6.45, 7) is 0. The Morgan fingerprint density at radius 3 is 2.88 bits per heavy atom. The van der Waals surface area contributed by atoms with E-state index in [-0.39, 0.29) is 10.8 Å². The number of aromatic nitrogens is 3. The third-order valence-electron chi connectivity index (χ3n) is 2.75. The maximum atomic E-state index is 13.8. The summed E-state index contributed by atoms with van der Waals surface area (Å²) in [6, 6.07) is 2.75. The number of fused-ring (bicyclic) bond motifs is 1. The van der Waals surface area contributed by atoms with Crippen LogP contribution in [0.25, 0.3) is 5.65 Å². The Balaban J connectivity index is 2.16. The Bertz CT molecular complexity index is 548. The van der Waals surface area contributed by atoms with E-state index >= 15 is 0 Å². The first kappa shape index (κ1) is 9.96. The lowest BCUT2D eigenvalue weighted by atomic mass is 10.1. The summed E-state index contributed by atoms with van der Waals surface area (Å²) in [5, 5.41) is 4.04. The third kappa shape index (κ3) is 1.38. The van der Waals surface area contributed by atoms with Crippen molar-refractivity contribution in [1.82, 2.24) is 14.6 Å². The molecular formula is C10H8ClF2N3. The lowest BCUT2D eigenvalue weighted by Gasteiger charge is -2.15. The number of rotatable bonds is 2. The molecule has 6 heteroatoms. The Hall–Kier alpha value is -1.23. The van der Waals surface area contributed by atoms with Crippen LogP contribution in [0.4, 0.5) is 8.78 Å².